The Balaban J connectivity index is 2.19. The Kier molecular flexibility index (Phi) is 4.60. The van der Waals surface area contributed by atoms with E-state index in [1.807, 2.05) is 0 Å². The van der Waals surface area contributed by atoms with Crippen molar-refractivity contribution in [1.29, 1.82) is 0 Å². The van der Waals surface area contributed by atoms with Crippen LogP contribution in [0.15, 0.2) is 24.3 Å². The Morgan fingerprint density at radius 1 is 1.24 bits per heavy atom. The molecule has 1 saturated heterocycles. The van der Waals surface area contributed by atoms with Crippen LogP contribution in [0.25, 0.3) is 0 Å². The van der Waals surface area contributed by atoms with Gasteiger partial charge in [-0.25, -0.2) is 16.8 Å². The van der Waals surface area contributed by atoms with E-state index in [1.54, 1.807) is 31.2 Å². The first-order valence-corrected chi connectivity index (χ1v) is 10.1. The van der Waals surface area contributed by atoms with Gasteiger partial charge in [-0.3, -0.25) is 4.72 Å². The predicted octanol–water partition coefficient (Wildman–Crippen LogP) is 1.03. The molecule has 8 heteroatoms. The number of para-hydroxylation sites is 1. The fourth-order valence-corrected chi connectivity index (χ4v) is 5.71. The highest BCUT2D eigenvalue weighted by molar-refractivity contribution is 7.94. The highest BCUT2D eigenvalue weighted by Gasteiger charge is 2.33. The summed E-state index contributed by atoms with van der Waals surface area (Å²) in [7, 11) is -6.70. The Labute approximate surface area is 125 Å². The number of hydrogen-bond acceptors (Lipinski definition) is 5. The lowest BCUT2D eigenvalue weighted by molar-refractivity contribution is 0.555. The number of anilines is 1. The molecule has 1 heterocycles. The van der Waals surface area contributed by atoms with Crippen molar-refractivity contribution in [3.05, 3.63) is 29.8 Å². The van der Waals surface area contributed by atoms with Crippen LogP contribution in [0.2, 0.25) is 0 Å². The van der Waals surface area contributed by atoms with E-state index in [-0.39, 0.29) is 30.4 Å². The average Bonchev–Trinajstić information content (AvgIpc) is 2.38. The molecule has 3 N–H and O–H groups in total. The monoisotopic (exact) mass is 332 g/mol. The van der Waals surface area contributed by atoms with Gasteiger partial charge in [0, 0.05) is 6.04 Å². The van der Waals surface area contributed by atoms with Gasteiger partial charge in [0.05, 0.1) is 22.4 Å². The number of nitrogens with one attached hydrogen (secondary N) is 1. The molecule has 0 amide bonds. The molecule has 1 aromatic carbocycles. The second-order valence-electron chi connectivity index (χ2n) is 5.37. The van der Waals surface area contributed by atoms with Crippen molar-refractivity contribution in [2.24, 2.45) is 5.73 Å². The summed E-state index contributed by atoms with van der Waals surface area (Å²) in [5, 5.41) is -0.679. The minimum Gasteiger partial charge on any atom is -0.324 e. The largest absolute Gasteiger partial charge is 0.324 e. The second-order valence-corrected chi connectivity index (χ2v) is 9.64. The number of sulfonamides is 1. The van der Waals surface area contributed by atoms with Crippen LogP contribution in [0.1, 0.15) is 31.4 Å². The van der Waals surface area contributed by atoms with Crippen molar-refractivity contribution in [3.63, 3.8) is 0 Å². The third kappa shape index (κ3) is 3.96. The summed E-state index contributed by atoms with van der Waals surface area (Å²) in [5.74, 6) is -0.152. The first-order chi connectivity index (χ1) is 9.71. The Morgan fingerprint density at radius 3 is 2.38 bits per heavy atom. The van der Waals surface area contributed by atoms with Gasteiger partial charge in [-0.15, -0.1) is 0 Å². The van der Waals surface area contributed by atoms with Crippen molar-refractivity contribution in [2.45, 2.75) is 31.1 Å². The molecule has 1 aliphatic heterocycles. The number of benzene rings is 1. The van der Waals surface area contributed by atoms with Crippen molar-refractivity contribution in [2.75, 3.05) is 16.2 Å². The normalized spacial score (nSPS) is 20.9. The SMILES string of the molecule is CC(N)c1ccccc1NS(=O)(=O)C1CCS(=O)(=O)CC1. The smallest absolute Gasteiger partial charge is 0.235 e. The predicted molar refractivity (Wildman–Crippen MR) is 83.3 cm³/mol. The molecule has 21 heavy (non-hydrogen) atoms. The fourth-order valence-electron chi connectivity index (χ4n) is 2.40. The molecule has 118 valence electrons. The molecule has 0 spiro atoms. The van der Waals surface area contributed by atoms with E-state index in [0.29, 0.717) is 11.3 Å². The van der Waals surface area contributed by atoms with Gasteiger partial charge in [-0.2, -0.15) is 0 Å². The van der Waals surface area contributed by atoms with E-state index in [9.17, 15) is 16.8 Å². The third-order valence-electron chi connectivity index (χ3n) is 3.64. The summed E-state index contributed by atoms with van der Waals surface area (Å²) < 4.78 is 50.1. The molecule has 1 atom stereocenters. The minimum atomic E-state index is -3.61. The van der Waals surface area contributed by atoms with Crippen molar-refractivity contribution >= 4 is 25.5 Å². The molecule has 1 fully saturated rings. The molecule has 1 unspecified atom stereocenters. The van der Waals surface area contributed by atoms with E-state index in [2.05, 4.69) is 4.72 Å². The maximum Gasteiger partial charge on any atom is 0.235 e. The van der Waals surface area contributed by atoms with Crippen molar-refractivity contribution < 1.29 is 16.8 Å². The highest BCUT2D eigenvalue weighted by atomic mass is 32.2. The van der Waals surface area contributed by atoms with E-state index < -0.39 is 25.1 Å². The first-order valence-electron chi connectivity index (χ1n) is 6.78. The molecule has 1 aliphatic rings. The Bertz CT molecular complexity index is 697. The zero-order valence-corrected chi connectivity index (χ0v) is 13.5. The van der Waals surface area contributed by atoms with Crippen LogP contribution in [-0.2, 0) is 19.9 Å². The summed E-state index contributed by atoms with van der Waals surface area (Å²) in [6, 6.07) is 6.67. The quantitative estimate of drug-likeness (QED) is 0.856. The maximum absolute atomic E-state index is 12.4. The van der Waals surface area contributed by atoms with Gasteiger partial charge in [0.25, 0.3) is 0 Å². The van der Waals surface area contributed by atoms with Crippen molar-refractivity contribution in [3.8, 4) is 0 Å². The van der Waals surface area contributed by atoms with Crippen LogP contribution < -0.4 is 10.5 Å². The number of rotatable bonds is 4. The van der Waals surface area contributed by atoms with Crippen LogP contribution in [0.3, 0.4) is 0 Å². The van der Waals surface area contributed by atoms with Crippen LogP contribution in [0.5, 0.6) is 0 Å². The molecule has 6 nitrogen and oxygen atoms in total. The van der Waals surface area contributed by atoms with E-state index in [0.717, 1.165) is 0 Å². The lowest BCUT2D eigenvalue weighted by atomic mass is 10.1. The van der Waals surface area contributed by atoms with E-state index >= 15 is 0 Å². The molecule has 0 bridgehead atoms. The molecule has 0 aromatic heterocycles. The highest BCUT2D eigenvalue weighted by Crippen LogP contribution is 2.26. The summed E-state index contributed by atoms with van der Waals surface area (Å²) in [6.45, 7) is 1.78. The summed E-state index contributed by atoms with van der Waals surface area (Å²) in [6.07, 6.45) is 0.274. The molecule has 1 aromatic rings. The van der Waals surface area contributed by atoms with Gasteiger partial charge < -0.3 is 5.73 Å². The van der Waals surface area contributed by atoms with Gasteiger partial charge in [-0.05, 0) is 31.4 Å². The molecule has 2 rings (SSSR count). The molecular formula is C13H20N2O4S2. The fraction of sp³-hybridized carbons (Fsp3) is 0.538. The topological polar surface area (TPSA) is 106 Å². The zero-order valence-electron chi connectivity index (χ0n) is 11.8. The van der Waals surface area contributed by atoms with Gasteiger partial charge >= 0.3 is 0 Å². The number of hydrogen-bond donors (Lipinski definition) is 2. The zero-order chi connectivity index (χ0) is 15.7. The lowest BCUT2D eigenvalue weighted by Crippen LogP contribution is -2.36. The van der Waals surface area contributed by atoms with Gasteiger partial charge in [0.2, 0.25) is 10.0 Å². The average molecular weight is 332 g/mol. The molecule has 0 aliphatic carbocycles. The Morgan fingerprint density at radius 2 is 1.81 bits per heavy atom. The molecule has 0 saturated carbocycles. The van der Waals surface area contributed by atoms with E-state index in [1.165, 1.54) is 0 Å². The van der Waals surface area contributed by atoms with Crippen LogP contribution in [0.4, 0.5) is 5.69 Å². The minimum absolute atomic E-state index is 0.0759. The summed E-state index contributed by atoms with van der Waals surface area (Å²) >= 11 is 0. The van der Waals surface area contributed by atoms with Crippen molar-refractivity contribution in [1.82, 2.24) is 0 Å². The third-order valence-corrected chi connectivity index (χ3v) is 7.21. The number of sulfone groups is 1. The summed E-state index contributed by atoms with van der Waals surface area (Å²) in [4.78, 5) is 0. The summed E-state index contributed by atoms with van der Waals surface area (Å²) in [5.41, 5.74) is 7.00. The standard InChI is InChI=1S/C13H20N2O4S2/c1-10(14)12-4-2-3-5-13(12)15-21(18,19)11-6-8-20(16,17)9-7-11/h2-5,10-11,15H,6-9,14H2,1H3. The van der Waals surface area contributed by atoms with Gasteiger partial charge in [-0.1, -0.05) is 18.2 Å². The lowest BCUT2D eigenvalue weighted by Gasteiger charge is -2.23. The van der Waals surface area contributed by atoms with Gasteiger partial charge in [0.1, 0.15) is 9.84 Å². The van der Waals surface area contributed by atoms with Gasteiger partial charge in [0.15, 0.2) is 0 Å². The van der Waals surface area contributed by atoms with Crippen LogP contribution in [-0.4, -0.2) is 33.6 Å². The number of nitrogens with two attached hydrogens (primary N) is 1. The second kappa shape index (κ2) is 5.94. The van der Waals surface area contributed by atoms with Crippen LogP contribution >= 0.6 is 0 Å². The first kappa shape index (κ1) is 16.3. The molecule has 0 radical (unpaired) electrons. The molecular weight excluding hydrogens is 312 g/mol. The Hall–Kier alpha value is -1.12. The van der Waals surface area contributed by atoms with Crippen LogP contribution in [0, 0.1) is 0 Å². The van der Waals surface area contributed by atoms with E-state index in [4.69, 9.17) is 5.73 Å². The maximum atomic E-state index is 12.4.